The molecule has 36 heavy (non-hydrogen) atoms. The Morgan fingerprint density at radius 3 is 2.36 bits per heavy atom. The van der Waals surface area contributed by atoms with Crippen molar-refractivity contribution in [1.82, 2.24) is 25.3 Å². The quantitative estimate of drug-likeness (QED) is 0.236. The van der Waals surface area contributed by atoms with Crippen LogP contribution in [-0.4, -0.2) is 44.7 Å². The van der Waals surface area contributed by atoms with Crippen LogP contribution in [0.5, 0.6) is 0 Å². The van der Waals surface area contributed by atoms with E-state index >= 15 is 0 Å². The lowest BCUT2D eigenvalue weighted by molar-refractivity contribution is 0.435. The summed E-state index contributed by atoms with van der Waals surface area (Å²) in [7, 11) is 0. The number of nitrogens with zero attached hydrogens (tertiary/aromatic N) is 5. The fraction of sp³-hybridized carbons (Fsp3) is 0.444. The van der Waals surface area contributed by atoms with E-state index < -0.39 is 0 Å². The van der Waals surface area contributed by atoms with Gasteiger partial charge in [-0.2, -0.15) is 4.98 Å². The third-order valence-corrected chi connectivity index (χ3v) is 8.17. The fourth-order valence-electron chi connectivity index (χ4n) is 5.22. The summed E-state index contributed by atoms with van der Waals surface area (Å²) in [5.74, 6) is 1.43. The van der Waals surface area contributed by atoms with E-state index in [-0.39, 0.29) is 5.41 Å². The zero-order valence-electron chi connectivity index (χ0n) is 20.5. The first-order chi connectivity index (χ1) is 17.7. The van der Waals surface area contributed by atoms with Gasteiger partial charge in [0, 0.05) is 43.5 Å². The zero-order valence-corrected chi connectivity index (χ0v) is 22.2. The summed E-state index contributed by atoms with van der Waals surface area (Å²) >= 11 is 7.16. The molecule has 1 aliphatic heterocycles. The smallest absolute Gasteiger partial charge is 0.232 e. The van der Waals surface area contributed by atoms with Crippen LogP contribution < -0.4 is 15.5 Å². The highest BCUT2D eigenvalue weighted by atomic mass is 32.2. The molecular formula is C27H33N7S2. The van der Waals surface area contributed by atoms with Gasteiger partial charge in [-0.1, -0.05) is 56.0 Å². The Morgan fingerprint density at radius 1 is 0.917 bits per heavy atom. The average Bonchev–Trinajstić information content (AvgIpc) is 3.23. The van der Waals surface area contributed by atoms with Gasteiger partial charge in [0.1, 0.15) is 10.8 Å². The van der Waals surface area contributed by atoms with Gasteiger partial charge in [0.2, 0.25) is 5.95 Å². The number of hydrogen-bond acceptors (Lipinski definition) is 7. The number of thiocarbonyl (C=S) groups is 1. The molecule has 7 nitrogen and oxygen atoms in total. The second-order valence-corrected chi connectivity index (χ2v) is 11.0. The molecule has 2 fully saturated rings. The van der Waals surface area contributed by atoms with Crippen LogP contribution in [0.3, 0.4) is 0 Å². The van der Waals surface area contributed by atoms with Gasteiger partial charge in [0.05, 0.1) is 0 Å². The summed E-state index contributed by atoms with van der Waals surface area (Å²) in [4.78, 5) is 20.7. The molecule has 2 aliphatic rings. The van der Waals surface area contributed by atoms with E-state index in [9.17, 15) is 0 Å². The van der Waals surface area contributed by atoms with Crippen LogP contribution >= 0.6 is 24.0 Å². The number of aromatic nitrogens is 4. The molecule has 1 aromatic carbocycles. The van der Waals surface area contributed by atoms with Crippen molar-refractivity contribution in [2.45, 2.75) is 67.0 Å². The highest BCUT2D eigenvalue weighted by Gasteiger charge is 2.35. The normalized spacial score (nSPS) is 17.4. The van der Waals surface area contributed by atoms with Crippen molar-refractivity contribution in [3.63, 3.8) is 0 Å². The van der Waals surface area contributed by atoms with E-state index in [0.29, 0.717) is 16.2 Å². The maximum atomic E-state index is 5.72. The van der Waals surface area contributed by atoms with Crippen LogP contribution in [0.25, 0.3) is 0 Å². The molecule has 3 aromatic rings. The summed E-state index contributed by atoms with van der Waals surface area (Å²) in [5, 5.41) is 8.78. The van der Waals surface area contributed by atoms with Gasteiger partial charge >= 0.3 is 0 Å². The molecule has 1 saturated carbocycles. The van der Waals surface area contributed by atoms with E-state index in [1.165, 1.54) is 68.7 Å². The molecule has 0 spiro atoms. The molecule has 2 N–H and O–H groups in total. The lowest BCUT2D eigenvalue weighted by atomic mass is 9.79. The van der Waals surface area contributed by atoms with Crippen LogP contribution in [0, 0.1) is 0 Å². The van der Waals surface area contributed by atoms with Crippen molar-refractivity contribution >= 4 is 40.9 Å². The highest BCUT2D eigenvalue weighted by Crippen LogP contribution is 2.40. The Kier molecular flexibility index (Phi) is 8.28. The van der Waals surface area contributed by atoms with Crippen LogP contribution in [-0.2, 0) is 5.41 Å². The Morgan fingerprint density at radius 2 is 1.64 bits per heavy atom. The molecule has 3 heterocycles. The summed E-state index contributed by atoms with van der Waals surface area (Å²) in [6.45, 7) is 2.81. The van der Waals surface area contributed by atoms with Gasteiger partial charge in [-0.3, -0.25) is 0 Å². The van der Waals surface area contributed by atoms with Crippen molar-refractivity contribution in [2.24, 2.45) is 0 Å². The fourth-order valence-corrected chi connectivity index (χ4v) is 6.09. The molecule has 1 aliphatic carbocycles. The Hall–Kier alpha value is -2.78. The van der Waals surface area contributed by atoms with Crippen LogP contribution in [0.15, 0.2) is 65.0 Å². The predicted octanol–water partition coefficient (Wildman–Crippen LogP) is 5.60. The molecule has 0 radical (unpaired) electrons. The number of benzene rings is 1. The first-order valence-electron chi connectivity index (χ1n) is 12.9. The van der Waals surface area contributed by atoms with Gasteiger partial charge < -0.3 is 15.5 Å². The molecule has 0 bridgehead atoms. The second-order valence-electron chi connectivity index (χ2n) is 9.58. The zero-order chi connectivity index (χ0) is 24.6. The number of anilines is 2. The molecular weight excluding hydrogens is 486 g/mol. The summed E-state index contributed by atoms with van der Waals surface area (Å²) < 4.78 is 0. The maximum absolute atomic E-state index is 5.72. The minimum absolute atomic E-state index is 0.118. The predicted molar refractivity (Wildman–Crippen MR) is 150 cm³/mol. The number of hydrogen-bond donors (Lipinski definition) is 2. The topological polar surface area (TPSA) is 78.9 Å². The minimum Gasteiger partial charge on any atom is -0.361 e. The molecule has 2 aromatic heterocycles. The molecule has 1 saturated heterocycles. The van der Waals surface area contributed by atoms with E-state index in [4.69, 9.17) is 22.2 Å². The number of rotatable bonds is 7. The lowest BCUT2D eigenvalue weighted by Gasteiger charge is -2.30. The van der Waals surface area contributed by atoms with Gasteiger partial charge in [0.15, 0.2) is 10.3 Å². The third kappa shape index (κ3) is 6.31. The van der Waals surface area contributed by atoms with Gasteiger partial charge in [-0.25, -0.2) is 15.0 Å². The lowest BCUT2D eigenvalue weighted by Crippen LogP contribution is -2.41. The Bertz CT molecular complexity index is 1130. The van der Waals surface area contributed by atoms with Crippen LogP contribution in [0.2, 0.25) is 0 Å². The van der Waals surface area contributed by atoms with Gasteiger partial charge in [0.25, 0.3) is 0 Å². The highest BCUT2D eigenvalue weighted by molar-refractivity contribution is 7.99. The third-order valence-electron chi connectivity index (χ3n) is 7.12. The van der Waals surface area contributed by atoms with Crippen molar-refractivity contribution in [3.05, 3.63) is 60.4 Å². The second kappa shape index (κ2) is 12.0. The van der Waals surface area contributed by atoms with Gasteiger partial charge in [-0.15, -0.1) is 0 Å². The molecule has 188 valence electrons. The van der Waals surface area contributed by atoms with Gasteiger partial charge in [-0.05, 0) is 61.3 Å². The van der Waals surface area contributed by atoms with E-state index in [0.717, 1.165) is 30.5 Å². The first kappa shape index (κ1) is 24.9. The van der Waals surface area contributed by atoms with E-state index in [1.54, 1.807) is 12.4 Å². The molecule has 5 rings (SSSR count). The monoisotopic (exact) mass is 519 g/mol. The Balaban J connectivity index is 1.32. The minimum atomic E-state index is 0.118. The average molecular weight is 520 g/mol. The van der Waals surface area contributed by atoms with Crippen molar-refractivity contribution in [2.75, 3.05) is 29.9 Å². The number of nitrogens with one attached hydrogen (secondary N) is 2. The maximum Gasteiger partial charge on any atom is 0.232 e. The molecule has 9 heteroatoms. The SMILES string of the molecule is S=C(NCC1(c2ccccc2)CCCC1)Nc1nc(Sc2ncccn2)cc(N2CCCCCC2)n1. The van der Waals surface area contributed by atoms with E-state index in [2.05, 4.69) is 55.8 Å². The van der Waals surface area contributed by atoms with Crippen molar-refractivity contribution < 1.29 is 0 Å². The van der Waals surface area contributed by atoms with Crippen LogP contribution in [0.1, 0.15) is 56.9 Å². The molecule has 0 amide bonds. The molecule has 0 atom stereocenters. The van der Waals surface area contributed by atoms with E-state index in [1.807, 2.05) is 12.1 Å². The largest absolute Gasteiger partial charge is 0.361 e. The van der Waals surface area contributed by atoms with Crippen molar-refractivity contribution in [3.8, 4) is 0 Å². The standard InChI is InChI=1S/C27H33N7S2/c35-25(30-20-27(13-6-7-14-27)21-11-4-3-5-12-21)33-24-31-22(34-17-8-1-2-9-18-34)19-23(32-24)36-26-28-15-10-16-29-26/h3-5,10-12,15-16,19H,1-2,6-9,13-14,17-18,20H2,(H2,30,31,32,33,35). The Labute approximate surface area is 222 Å². The summed E-state index contributed by atoms with van der Waals surface area (Å²) in [6.07, 6.45) is 13.2. The molecule has 0 unspecified atom stereocenters. The summed E-state index contributed by atoms with van der Waals surface area (Å²) in [5.41, 5.74) is 1.51. The van der Waals surface area contributed by atoms with Crippen molar-refractivity contribution in [1.29, 1.82) is 0 Å². The first-order valence-corrected chi connectivity index (χ1v) is 14.1. The van der Waals surface area contributed by atoms with Crippen LogP contribution in [0.4, 0.5) is 11.8 Å². The summed E-state index contributed by atoms with van der Waals surface area (Å²) in [6, 6.07) is 14.7.